The Morgan fingerprint density at radius 1 is 1.35 bits per heavy atom. The SMILES string of the molecule is Cc1ccc2c(c1)c1c(n2C)C(NO)=CCC1. The Labute approximate surface area is 100 Å². The Bertz CT molecular complexity index is 623. The number of fused-ring (bicyclic) bond motifs is 3. The van der Waals surface area contributed by atoms with Crippen molar-refractivity contribution in [3.8, 4) is 0 Å². The molecule has 0 saturated heterocycles. The van der Waals surface area contributed by atoms with Gasteiger partial charge in [0.1, 0.15) is 0 Å². The van der Waals surface area contributed by atoms with Gasteiger partial charge >= 0.3 is 0 Å². The number of hydrogen-bond donors (Lipinski definition) is 2. The normalized spacial score (nSPS) is 14.6. The molecule has 3 heteroatoms. The monoisotopic (exact) mass is 228 g/mol. The van der Waals surface area contributed by atoms with E-state index >= 15 is 0 Å². The molecule has 3 nitrogen and oxygen atoms in total. The summed E-state index contributed by atoms with van der Waals surface area (Å²) < 4.78 is 2.15. The van der Waals surface area contributed by atoms with Gasteiger partial charge in [-0.3, -0.25) is 10.7 Å². The summed E-state index contributed by atoms with van der Waals surface area (Å²) in [6.45, 7) is 2.11. The van der Waals surface area contributed by atoms with Crippen molar-refractivity contribution in [3.05, 3.63) is 41.1 Å². The number of benzene rings is 1. The number of hydroxylamine groups is 1. The summed E-state index contributed by atoms with van der Waals surface area (Å²) in [5, 5.41) is 10.5. The molecule has 1 heterocycles. The first-order valence-electron chi connectivity index (χ1n) is 5.91. The van der Waals surface area contributed by atoms with Crippen molar-refractivity contribution in [3.63, 3.8) is 0 Å². The standard InChI is InChI=1S/C14H16N2O/c1-9-6-7-13-11(8-9)10-4-3-5-12(15-17)14(10)16(13)2/h5-8,15,17H,3-4H2,1-2H3. The molecule has 0 unspecified atom stereocenters. The number of nitrogens with zero attached hydrogens (tertiary/aromatic N) is 1. The van der Waals surface area contributed by atoms with Crippen molar-refractivity contribution in [1.29, 1.82) is 0 Å². The van der Waals surface area contributed by atoms with Crippen molar-refractivity contribution in [2.45, 2.75) is 19.8 Å². The number of aryl methyl sites for hydroxylation is 3. The van der Waals surface area contributed by atoms with Crippen LogP contribution in [-0.2, 0) is 13.5 Å². The van der Waals surface area contributed by atoms with E-state index in [2.05, 4.69) is 35.2 Å². The topological polar surface area (TPSA) is 37.2 Å². The average Bonchev–Trinajstić information content (AvgIpc) is 2.63. The van der Waals surface area contributed by atoms with Crippen LogP contribution in [0.3, 0.4) is 0 Å². The minimum atomic E-state index is 0.822. The van der Waals surface area contributed by atoms with Gasteiger partial charge in [-0.15, -0.1) is 0 Å². The molecule has 0 aliphatic heterocycles. The van der Waals surface area contributed by atoms with E-state index in [1.807, 2.05) is 13.1 Å². The summed E-state index contributed by atoms with van der Waals surface area (Å²) in [5.41, 5.74) is 8.09. The van der Waals surface area contributed by atoms with Crippen molar-refractivity contribution in [1.82, 2.24) is 10.0 Å². The molecule has 0 fully saturated rings. The third-order valence-corrected chi connectivity index (χ3v) is 3.58. The highest BCUT2D eigenvalue weighted by Crippen LogP contribution is 2.33. The zero-order valence-corrected chi connectivity index (χ0v) is 10.1. The molecule has 1 aromatic carbocycles. The molecule has 0 bridgehead atoms. The van der Waals surface area contributed by atoms with Crippen LogP contribution in [0.25, 0.3) is 16.6 Å². The van der Waals surface area contributed by atoms with Crippen LogP contribution in [0, 0.1) is 6.92 Å². The number of rotatable bonds is 1. The largest absolute Gasteiger partial charge is 0.342 e. The van der Waals surface area contributed by atoms with Crippen LogP contribution in [-0.4, -0.2) is 9.77 Å². The first-order chi connectivity index (χ1) is 8.22. The van der Waals surface area contributed by atoms with Crippen molar-refractivity contribution < 1.29 is 5.21 Å². The maximum Gasteiger partial charge on any atom is 0.0802 e. The number of allylic oxidation sites excluding steroid dienone is 1. The van der Waals surface area contributed by atoms with Crippen LogP contribution < -0.4 is 5.48 Å². The highest BCUT2D eigenvalue weighted by molar-refractivity contribution is 5.91. The molecule has 17 heavy (non-hydrogen) atoms. The Morgan fingerprint density at radius 2 is 2.18 bits per heavy atom. The Kier molecular flexibility index (Phi) is 2.23. The highest BCUT2D eigenvalue weighted by atomic mass is 16.5. The lowest BCUT2D eigenvalue weighted by Gasteiger charge is -2.15. The smallest absolute Gasteiger partial charge is 0.0802 e. The first-order valence-corrected chi connectivity index (χ1v) is 5.91. The van der Waals surface area contributed by atoms with Crippen molar-refractivity contribution >= 4 is 16.6 Å². The summed E-state index contributed by atoms with van der Waals surface area (Å²) in [4.78, 5) is 0. The summed E-state index contributed by atoms with van der Waals surface area (Å²) in [7, 11) is 2.05. The fourth-order valence-corrected chi connectivity index (χ4v) is 2.79. The molecular weight excluding hydrogens is 212 g/mol. The molecule has 0 saturated carbocycles. The molecule has 1 aliphatic rings. The van der Waals surface area contributed by atoms with Gasteiger partial charge in [0.15, 0.2) is 0 Å². The van der Waals surface area contributed by atoms with Gasteiger partial charge in [0.25, 0.3) is 0 Å². The molecule has 0 spiro atoms. The number of hydrogen-bond acceptors (Lipinski definition) is 2. The van der Waals surface area contributed by atoms with Gasteiger partial charge in [-0.2, -0.15) is 0 Å². The molecule has 2 N–H and O–H groups in total. The summed E-state index contributed by atoms with van der Waals surface area (Å²) in [6, 6.07) is 6.51. The lowest BCUT2D eigenvalue weighted by atomic mass is 9.98. The average molecular weight is 228 g/mol. The predicted molar refractivity (Wildman–Crippen MR) is 68.9 cm³/mol. The Balaban J connectivity index is 2.39. The van der Waals surface area contributed by atoms with Crippen LogP contribution in [0.2, 0.25) is 0 Å². The van der Waals surface area contributed by atoms with Gasteiger partial charge in [-0.05, 0) is 37.5 Å². The van der Waals surface area contributed by atoms with Crippen molar-refractivity contribution in [2.75, 3.05) is 0 Å². The van der Waals surface area contributed by atoms with Crippen molar-refractivity contribution in [2.24, 2.45) is 7.05 Å². The predicted octanol–water partition coefficient (Wildman–Crippen LogP) is 2.75. The first kappa shape index (κ1) is 10.4. The van der Waals surface area contributed by atoms with E-state index in [9.17, 15) is 5.21 Å². The Morgan fingerprint density at radius 3 is 2.94 bits per heavy atom. The second-order valence-corrected chi connectivity index (χ2v) is 4.68. The lowest BCUT2D eigenvalue weighted by molar-refractivity contribution is 0.223. The van der Waals surface area contributed by atoms with E-state index < -0.39 is 0 Å². The zero-order valence-electron chi connectivity index (χ0n) is 10.1. The molecule has 1 aromatic heterocycles. The lowest BCUT2D eigenvalue weighted by Crippen LogP contribution is -2.13. The fraction of sp³-hybridized carbons (Fsp3) is 0.286. The maximum atomic E-state index is 9.21. The van der Waals surface area contributed by atoms with E-state index in [0.29, 0.717) is 0 Å². The zero-order chi connectivity index (χ0) is 12.0. The van der Waals surface area contributed by atoms with Gasteiger partial charge in [0.05, 0.1) is 11.4 Å². The Hall–Kier alpha value is -1.74. The van der Waals surface area contributed by atoms with E-state index in [4.69, 9.17) is 0 Å². The summed E-state index contributed by atoms with van der Waals surface area (Å²) in [5.74, 6) is 0. The van der Waals surface area contributed by atoms with Crippen LogP contribution in [0.4, 0.5) is 0 Å². The van der Waals surface area contributed by atoms with E-state index in [1.165, 1.54) is 22.0 Å². The minimum absolute atomic E-state index is 0.822. The van der Waals surface area contributed by atoms with Crippen LogP contribution in [0.1, 0.15) is 23.2 Å². The van der Waals surface area contributed by atoms with E-state index in [0.717, 1.165) is 24.2 Å². The summed E-state index contributed by atoms with van der Waals surface area (Å²) in [6.07, 6.45) is 4.07. The van der Waals surface area contributed by atoms with Gasteiger partial charge in [0, 0.05) is 18.0 Å². The molecule has 3 rings (SSSR count). The molecular formula is C14H16N2O. The van der Waals surface area contributed by atoms with Gasteiger partial charge < -0.3 is 4.57 Å². The van der Waals surface area contributed by atoms with Gasteiger partial charge in [-0.25, -0.2) is 0 Å². The molecule has 88 valence electrons. The maximum absolute atomic E-state index is 9.21. The highest BCUT2D eigenvalue weighted by Gasteiger charge is 2.20. The van der Waals surface area contributed by atoms with Gasteiger partial charge in [0.2, 0.25) is 0 Å². The molecule has 2 aromatic rings. The second kappa shape index (κ2) is 3.64. The fourth-order valence-electron chi connectivity index (χ4n) is 2.79. The molecule has 0 amide bonds. The van der Waals surface area contributed by atoms with Gasteiger partial charge in [-0.1, -0.05) is 17.7 Å². The van der Waals surface area contributed by atoms with E-state index in [1.54, 1.807) is 0 Å². The van der Waals surface area contributed by atoms with E-state index in [-0.39, 0.29) is 0 Å². The quantitative estimate of drug-likeness (QED) is 0.736. The second-order valence-electron chi connectivity index (χ2n) is 4.68. The van der Waals surface area contributed by atoms with Crippen LogP contribution >= 0.6 is 0 Å². The number of aromatic nitrogens is 1. The minimum Gasteiger partial charge on any atom is -0.342 e. The van der Waals surface area contributed by atoms with Crippen LogP contribution in [0.15, 0.2) is 24.3 Å². The third kappa shape index (κ3) is 1.39. The number of nitrogens with one attached hydrogen (secondary N) is 1. The molecule has 1 aliphatic carbocycles. The third-order valence-electron chi connectivity index (χ3n) is 3.58. The molecule has 0 atom stereocenters. The van der Waals surface area contributed by atoms with Crippen LogP contribution in [0.5, 0.6) is 0 Å². The molecule has 0 radical (unpaired) electrons. The summed E-state index contributed by atoms with van der Waals surface area (Å²) >= 11 is 0.